The van der Waals surface area contributed by atoms with Gasteiger partial charge in [0, 0.05) is 19.3 Å². The third-order valence-electron chi connectivity index (χ3n) is 10.3. The second-order valence-corrected chi connectivity index (χ2v) is 11.7. The van der Waals surface area contributed by atoms with Crippen molar-refractivity contribution in [1.82, 2.24) is 0 Å². The van der Waals surface area contributed by atoms with Gasteiger partial charge in [0.15, 0.2) is 0 Å². The van der Waals surface area contributed by atoms with E-state index < -0.39 is 5.60 Å². The van der Waals surface area contributed by atoms with Gasteiger partial charge in [-0.15, -0.1) is 0 Å². The Morgan fingerprint density at radius 3 is 2.56 bits per heavy atom. The molecular formula is C28H40N2O2. The molecule has 1 aromatic rings. The predicted octanol–water partition coefficient (Wildman–Crippen LogP) is 5.62. The molecule has 0 radical (unpaired) electrons. The molecule has 0 heterocycles. The fourth-order valence-corrected chi connectivity index (χ4v) is 8.71. The van der Waals surface area contributed by atoms with Crippen molar-refractivity contribution < 1.29 is 9.84 Å². The van der Waals surface area contributed by atoms with Crippen molar-refractivity contribution in [3.8, 4) is 6.07 Å². The molecule has 4 aliphatic rings. The summed E-state index contributed by atoms with van der Waals surface area (Å²) in [5.41, 5.74) is 1.73. The third kappa shape index (κ3) is 3.86. The molecule has 0 saturated heterocycles. The van der Waals surface area contributed by atoms with Gasteiger partial charge in [-0.2, -0.15) is 5.26 Å². The molecule has 5 rings (SSSR count). The molecule has 0 aromatic heterocycles. The average Bonchev–Trinajstić information content (AvgIpc) is 3.14. The van der Waals surface area contributed by atoms with E-state index in [-0.39, 0.29) is 0 Å². The number of nitrogens with one attached hydrogen (secondary N) is 1. The van der Waals surface area contributed by atoms with Crippen molar-refractivity contribution >= 4 is 5.69 Å². The summed E-state index contributed by atoms with van der Waals surface area (Å²) in [5.74, 6) is 4.90. The maximum atomic E-state index is 11.0. The van der Waals surface area contributed by atoms with E-state index in [1.54, 1.807) is 7.11 Å². The van der Waals surface area contributed by atoms with Crippen LogP contribution in [0.5, 0.6) is 0 Å². The third-order valence-corrected chi connectivity index (χ3v) is 10.3. The van der Waals surface area contributed by atoms with Crippen LogP contribution in [0.4, 0.5) is 5.69 Å². The van der Waals surface area contributed by atoms with Crippen LogP contribution in [-0.4, -0.2) is 31.0 Å². The molecule has 0 unspecified atom stereocenters. The van der Waals surface area contributed by atoms with Crippen LogP contribution < -0.4 is 5.32 Å². The quantitative estimate of drug-likeness (QED) is 0.629. The molecule has 2 N–H and O–H groups in total. The lowest BCUT2D eigenvalue weighted by Crippen LogP contribution is -2.52. The highest BCUT2D eigenvalue weighted by Crippen LogP contribution is 2.64. The molecule has 0 amide bonds. The van der Waals surface area contributed by atoms with Gasteiger partial charge >= 0.3 is 0 Å². The zero-order valence-corrected chi connectivity index (χ0v) is 19.9. The van der Waals surface area contributed by atoms with Crippen molar-refractivity contribution in [3.63, 3.8) is 0 Å². The SMILES string of the molecule is COC[C@@]1(O)CC[C@H]2[C@H](CC[C@@H]3[C@@H]2CC[C@]2(C)[C@@H](CNc4ccc(C#N)cc4)CC[C@@H]32)C1. The number of rotatable bonds is 5. The van der Waals surface area contributed by atoms with Crippen LogP contribution in [0.25, 0.3) is 0 Å². The van der Waals surface area contributed by atoms with E-state index in [0.29, 0.717) is 17.9 Å². The highest BCUT2D eigenvalue weighted by atomic mass is 16.5. The van der Waals surface area contributed by atoms with Crippen LogP contribution in [-0.2, 0) is 4.74 Å². The molecule has 0 aliphatic heterocycles. The first-order valence-electron chi connectivity index (χ1n) is 12.9. The fourth-order valence-electron chi connectivity index (χ4n) is 8.71. The van der Waals surface area contributed by atoms with Gasteiger partial charge in [-0.25, -0.2) is 0 Å². The van der Waals surface area contributed by atoms with Gasteiger partial charge in [-0.05, 0) is 123 Å². The molecule has 4 aliphatic carbocycles. The molecule has 1 aromatic carbocycles. The standard InChI is InChI=1S/C28H40N2O2/c1-27-13-11-24-23-12-14-28(31,18-32-2)15-20(23)5-9-25(24)26(27)10-6-21(27)17-30-22-7-3-19(16-29)4-8-22/h3-4,7-8,20-21,23-26,30-31H,5-6,9-15,17-18H2,1-2H3/t20-,21-,23+,24-,25-,26+,27-,28-/m1/s1. The van der Waals surface area contributed by atoms with Crippen LogP contribution in [0.15, 0.2) is 24.3 Å². The van der Waals surface area contributed by atoms with E-state index in [1.807, 2.05) is 24.3 Å². The molecule has 174 valence electrons. The molecule has 0 bridgehead atoms. The summed E-state index contributed by atoms with van der Waals surface area (Å²) >= 11 is 0. The first-order chi connectivity index (χ1) is 15.5. The minimum absolute atomic E-state index is 0.457. The summed E-state index contributed by atoms with van der Waals surface area (Å²) < 4.78 is 5.35. The average molecular weight is 437 g/mol. The minimum Gasteiger partial charge on any atom is -0.387 e. The molecule has 4 heteroatoms. The van der Waals surface area contributed by atoms with Gasteiger partial charge in [-0.1, -0.05) is 6.92 Å². The van der Waals surface area contributed by atoms with E-state index in [0.717, 1.165) is 60.2 Å². The topological polar surface area (TPSA) is 65.3 Å². The van der Waals surface area contributed by atoms with Crippen LogP contribution >= 0.6 is 0 Å². The molecule has 32 heavy (non-hydrogen) atoms. The number of aliphatic hydroxyl groups is 1. The van der Waals surface area contributed by atoms with Gasteiger partial charge in [0.2, 0.25) is 0 Å². The predicted molar refractivity (Wildman–Crippen MR) is 127 cm³/mol. The number of nitriles is 1. The summed E-state index contributed by atoms with van der Waals surface area (Å²) in [6, 6.07) is 10.1. The van der Waals surface area contributed by atoms with Crippen molar-refractivity contribution in [2.24, 2.45) is 40.9 Å². The number of hydrogen-bond donors (Lipinski definition) is 2. The normalized spacial score (nSPS) is 42.9. The fraction of sp³-hybridized carbons (Fsp3) is 0.750. The maximum absolute atomic E-state index is 11.0. The number of nitrogens with zero attached hydrogens (tertiary/aromatic N) is 1. The Morgan fingerprint density at radius 2 is 1.81 bits per heavy atom. The molecule has 4 fully saturated rings. The molecule has 4 nitrogen and oxygen atoms in total. The van der Waals surface area contributed by atoms with Crippen molar-refractivity contribution in [1.29, 1.82) is 5.26 Å². The Labute approximate surface area is 193 Å². The van der Waals surface area contributed by atoms with E-state index in [4.69, 9.17) is 10.00 Å². The van der Waals surface area contributed by atoms with Crippen LogP contribution in [0.3, 0.4) is 0 Å². The van der Waals surface area contributed by atoms with Gasteiger partial charge in [0.25, 0.3) is 0 Å². The molecule has 8 atom stereocenters. The second-order valence-electron chi connectivity index (χ2n) is 11.7. The zero-order chi connectivity index (χ0) is 22.3. The largest absolute Gasteiger partial charge is 0.387 e. The minimum atomic E-state index is -0.582. The van der Waals surface area contributed by atoms with E-state index in [1.165, 1.54) is 44.9 Å². The number of hydrogen-bond acceptors (Lipinski definition) is 4. The van der Waals surface area contributed by atoms with Gasteiger partial charge in [0.05, 0.1) is 23.8 Å². The Kier molecular flexibility index (Phi) is 6.01. The summed E-state index contributed by atoms with van der Waals surface area (Å²) in [6.45, 7) is 4.14. The van der Waals surface area contributed by atoms with E-state index in [2.05, 4.69) is 18.3 Å². The number of fused-ring (bicyclic) bond motifs is 5. The van der Waals surface area contributed by atoms with Gasteiger partial charge in [-0.3, -0.25) is 0 Å². The van der Waals surface area contributed by atoms with Crippen molar-refractivity contribution in [2.45, 2.75) is 70.3 Å². The van der Waals surface area contributed by atoms with Crippen molar-refractivity contribution in [2.75, 3.05) is 25.6 Å². The lowest BCUT2D eigenvalue weighted by atomic mass is 9.49. The zero-order valence-electron chi connectivity index (χ0n) is 19.9. The molecule has 4 saturated carbocycles. The first kappa shape index (κ1) is 22.2. The Bertz CT molecular complexity index is 848. The highest BCUT2D eigenvalue weighted by Gasteiger charge is 2.57. The first-order valence-corrected chi connectivity index (χ1v) is 12.9. The van der Waals surface area contributed by atoms with E-state index >= 15 is 0 Å². The number of methoxy groups -OCH3 is 1. The highest BCUT2D eigenvalue weighted by molar-refractivity contribution is 5.47. The summed E-state index contributed by atoms with van der Waals surface area (Å²) in [6.07, 6.45) is 11.2. The summed E-state index contributed by atoms with van der Waals surface area (Å²) in [5, 5.41) is 23.7. The monoisotopic (exact) mass is 436 g/mol. The summed E-state index contributed by atoms with van der Waals surface area (Å²) in [7, 11) is 1.72. The molecular weight excluding hydrogens is 396 g/mol. The lowest BCUT2D eigenvalue weighted by molar-refractivity contribution is -0.124. The van der Waals surface area contributed by atoms with Crippen molar-refractivity contribution in [3.05, 3.63) is 29.8 Å². The lowest BCUT2D eigenvalue weighted by Gasteiger charge is -2.57. The van der Waals surface area contributed by atoms with E-state index in [9.17, 15) is 5.11 Å². The van der Waals surface area contributed by atoms with Gasteiger partial charge in [0.1, 0.15) is 0 Å². The van der Waals surface area contributed by atoms with Crippen LogP contribution in [0.2, 0.25) is 0 Å². The Hall–Kier alpha value is -1.57. The van der Waals surface area contributed by atoms with Crippen LogP contribution in [0, 0.1) is 52.3 Å². The summed E-state index contributed by atoms with van der Waals surface area (Å²) in [4.78, 5) is 0. The molecule has 0 spiro atoms. The Balaban J connectivity index is 1.23. The number of benzene rings is 1. The van der Waals surface area contributed by atoms with Gasteiger partial charge < -0.3 is 15.2 Å². The smallest absolute Gasteiger partial charge is 0.0991 e. The van der Waals surface area contributed by atoms with Crippen LogP contribution in [0.1, 0.15) is 70.3 Å². The number of anilines is 1. The number of ether oxygens (including phenoxy) is 1. The maximum Gasteiger partial charge on any atom is 0.0991 e. The second kappa shape index (κ2) is 8.65. The Morgan fingerprint density at radius 1 is 1.03 bits per heavy atom.